The van der Waals surface area contributed by atoms with Gasteiger partial charge in [-0.1, -0.05) is 50.0 Å². The van der Waals surface area contributed by atoms with E-state index >= 15 is 0 Å². The molecule has 0 radical (unpaired) electrons. The molecule has 0 atom stereocenters. The number of amides is 1. The summed E-state index contributed by atoms with van der Waals surface area (Å²) in [5.41, 5.74) is 0.282. The Labute approximate surface area is 127 Å². The summed E-state index contributed by atoms with van der Waals surface area (Å²) in [5, 5.41) is 14.3. The Morgan fingerprint density at radius 2 is 2.05 bits per heavy atom. The van der Waals surface area contributed by atoms with E-state index in [1.165, 1.54) is 0 Å². The fourth-order valence-corrected chi connectivity index (χ4v) is 2.44. The van der Waals surface area contributed by atoms with Crippen LogP contribution in [0.2, 0.25) is 10.0 Å². The summed E-state index contributed by atoms with van der Waals surface area (Å²) in [4.78, 5) is 12.3. The average Bonchev–Trinajstić information content (AvgIpc) is 2.32. The minimum absolute atomic E-state index is 0.0620. The van der Waals surface area contributed by atoms with Crippen LogP contribution in [0.1, 0.15) is 26.3 Å². The number of benzene rings is 1. The largest absolute Gasteiger partial charge is 0.352 e. The fourth-order valence-electron chi connectivity index (χ4n) is 1.29. The Hall–Kier alpha value is -0.890. The van der Waals surface area contributed by atoms with Crippen LogP contribution in [0.5, 0.6) is 0 Å². The number of nitrogens with zero attached hydrogens (tertiary/aromatic N) is 1. The second-order valence-corrected chi connectivity index (χ2v) is 6.56. The van der Waals surface area contributed by atoms with Crippen molar-refractivity contribution in [1.82, 2.24) is 5.32 Å². The van der Waals surface area contributed by atoms with Crippen LogP contribution in [0.25, 0.3) is 0 Å². The summed E-state index contributed by atoms with van der Waals surface area (Å²) >= 11 is 13.1. The van der Waals surface area contributed by atoms with Gasteiger partial charge in [0.15, 0.2) is 0 Å². The molecule has 0 aromatic heterocycles. The first-order chi connectivity index (χ1) is 8.77. The first-order valence-electron chi connectivity index (χ1n) is 5.58. The van der Waals surface area contributed by atoms with Gasteiger partial charge in [0.05, 0.1) is 14.9 Å². The van der Waals surface area contributed by atoms with Crippen LogP contribution in [0.15, 0.2) is 17.0 Å². The van der Waals surface area contributed by atoms with E-state index in [-0.39, 0.29) is 5.91 Å². The molecule has 0 fully saturated rings. The van der Waals surface area contributed by atoms with E-state index in [2.05, 4.69) is 5.32 Å². The van der Waals surface area contributed by atoms with Gasteiger partial charge < -0.3 is 5.32 Å². The molecule has 0 saturated carbocycles. The van der Waals surface area contributed by atoms with Crippen LogP contribution in [0.4, 0.5) is 0 Å². The maximum Gasteiger partial charge on any atom is 0.225 e. The monoisotopic (exact) mass is 316 g/mol. The van der Waals surface area contributed by atoms with Crippen LogP contribution < -0.4 is 5.32 Å². The Bertz CT molecular complexity index is 533. The maximum atomic E-state index is 11.8. The van der Waals surface area contributed by atoms with Gasteiger partial charge >= 0.3 is 0 Å². The third-order valence-corrected chi connectivity index (χ3v) is 4.09. The molecule has 0 saturated heterocycles. The quantitative estimate of drug-likeness (QED) is 0.670. The van der Waals surface area contributed by atoms with E-state index in [4.69, 9.17) is 28.5 Å². The van der Waals surface area contributed by atoms with Gasteiger partial charge in [-0.2, -0.15) is 5.26 Å². The zero-order valence-electron chi connectivity index (χ0n) is 10.9. The lowest BCUT2D eigenvalue weighted by Gasteiger charge is -2.18. The van der Waals surface area contributed by atoms with E-state index < -0.39 is 5.41 Å². The van der Waals surface area contributed by atoms with Crippen molar-refractivity contribution in [3.8, 4) is 5.40 Å². The highest BCUT2D eigenvalue weighted by Crippen LogP contribution is 2.36. The highest BCUT2D eigenvalue weighted by Gasteiger charge is 2.21. The van der Waals surface area contributed by atoms with Crippen molar-refractivity contribution < 1.29 is 4.79 Å². The number of nitriles is 1. The number of carbonyl (C=O) groups is 1. The lowest BCUT2D eigenvalue weighted by atomic mass is 9.95. The summed E-state index contributed by atoms with van der Waals surface area (Å²) in [6, 6.07) is 3.42. The SMILES string of the molecule is CC(C)(C)C(=O)NCc1ccc(Cl)c(SC#N)c1Cl. The molecule has 6 heteroatoms. The molecule has 0 heterocycles. The van der Waals surface area contributed by atoms with Gasteiger partial charge in [0.2, 0.25) is 5.91 Å². The van der Waals surface area contributed by atoms with Gasteiger partial charge in [-0.25, -0.2) is 0 Å². The Morgan fingerprint density at radius 1 is 1.42 bits per heavy atom. The number of hydrogen-bond donors (Lipinski definition) is 1. The number of rotatable bonds is 3. The van der Waals surface area contributed by atoms with Gasteiger partial charge in [0.25, 0.3) is 0 Å². The lowest BCUT2D eigenvalue weighted by molar-refractivity contribution is -0.128. The van der Waals surface area contributed by atoms with Crippen LogP contribution in [0.3, 0.4) is 0 Å². The molecule has 1 aromatic rings. The molecular formula is C13H14Cl2N2OS. The topological polar surface area (TPSA) is 52.9 Å². The first kappa shape index (κ1) is 16.2. The van der Waals surface area contributed by atoms with Gasteiger partial charge in [-0.05, 0) is 23.4 Å². The van der Waals surface area contributed by atoms with E-state index in [0.717, 1.165) is 17.3 Å². The van der Waals surface area contributed by atoms with Crippen LogP contribution in [0, 0.1) is 16.1 Å². The minimum atomic E-state index is -0.455. The van der Waals surface area contributed by atoms with Crippen molar-refractivity contribution in [2.45, 2.75) is 32.2 Å². The molecule has 3 nitrogen and oxygen atoms in total. The molecule has 0 spiro atoms. The third kappa shape index (κ3) is 4.31. The van der Waals surface area contributed by atoms with Gasteiger partial charge in [-0.15, -0.1) is 0 Å². The zero-order chi connectivity index (χ0) is 14.6. The molecule has 19 heavy (non-hydrogen) atoms. The Kier molecular flexibility index (Phi) is 5.54. The molecule has 1 rings (SSSR count). The summed E-state index contributed by atoms with van der Waals surface area (Å²) in [6.07, 6.45) is 0. The lowest BCUT2D eigenvalue weighted by Crippen LogP contribution is -2.34. The van der Waals surface area contributed by atoms with Gasteiger partial charge in [0, 0.05) is 12.0 Å². The summed E-state index contributed by atoms with van der Waals surface area (Å²) in [5.74, 6) is -0.0620. The molecule has 0 aliphatic heterocycles. The second-order valence-electron chi connectivity index (χ2n) is 4.98. The van der Waals surface area contributed by atoms with E-state index in [1.807, 2.05) is 26.2 Å². The van der Waals surface area contributed by atoms with E-state index in [9.17, 15) is 4.79 Å². The Morgan fingerprint density at radius 3 is 2.58 bits per heavy atom. The number of hydrogen-bond acceptors (Lipinski definition) is 3. The summed E-state index contributed by atoms with van der Waals surface area (Å²) in [7, 11) is 0. The number of nitrogens with one attached hydrogen (secondary N) is 1. The maximum absolute atomic E-state index is 11.8. The minimum Gasteiger partial charge on any atom is -0.352 e. The zero-order valence-corrected chi connectivity index (χ0v) is 13.2. The van der Waals surface area contributed by atoms with Crippen molar-refractivity contribution in [1.29, 1.82) is 5.26 Å². The van der Waals surface area contributed by atoms with E-state index in [0.29, 0.717) is 21.5 Å². The highest BCUT2D eigenvalue weighted by atomic mass is 35.5. The van der Waals surface area contributed by atoms with Crippen molar-refractivity contribution >= 4 is 40.9 Å². The molecule has 0 unspecified atom stereocenters. The molecule has 0 aliphatic carbocycles. The van der Waals surface area contributed by atoms with Crippen molar-refractivity contribution in [2.24, 2.45) is 5.41 Å². The molecule has 0 bridgehead atoms. The smallest absolute Gasteiger partial charge is 0.225 e. The van der Waals surface area contributed by atoms with Crippen LogP contribution in [-0.4, -0.2) is 5.91 Å². The molecule has 1 N–H and O–H groups in total. The Balaban J connectivity index is 2.89. The van der Waals surface area contributed by atoms with Gasteiger partial charge in [0.1, 0.15) is 5.40 Å². The molecule has 102 valence electrons. The molecule has 0 aliphatic rings. The predicted octanol–water partition coefficient (Wildman–Crippen LogP) is 4.23. The summed E-state index contributed by atoms with van der Waals surface area (Å²) < 4.78 is 0. The van der Waals surface area contributed by atoms with Crippen LogP contribution >= 0.6 is 35.0 Å². The molecule has 1 amide bonds. The highest BCUT2D eigenvalue weighted by molar-refractivity contribution is 8.04. The second kappa shape index (κ2) is 6.51. The van der Waals surface area contributed by atoms with Crippen molar-refractivity contribution in [3.63, 3.8) is 0 Å². The van der Waals surface area contributed by atoms with E-state index in [1.54, 1.807) is 12.1 Å². The molecular weight excluding hydrogens is 303 g/mol. The molecule has 1 aromatic carbocycles. The fraction of sp³-hybridized carbons (Fsp3) is 0.385. The standard InChI is InChI=1S/C13H14Cl2N2OS/c1-13(2,3)12(18)17-6-8-4-5-9(14)11(10(8)15)19-7-16/h4-5H,6H2,1-3H3,(H,17,18). The number of thiocyanates is 1. The van der Waals surface area contributed by atoms with Crippen molar-refractivity contribution in [3.05, 3.63) is 27.7 Å². The van der Waals surface area contributed by atoms with Crippen molar-refractivity contribution in [2.75, 3.05) is 0 Å². The number of halogens is 2. The number of thioether (sulfide) groups is 1. The normalized spacial score (nSPS) is 10.9. The first-order valence-corrected chi connectivity index (χ1v) is 7.15. The summed E-state index contributed by atoms with van der Waals surface area (Å²) in [6.45, 7) is 5.82. The van der Waals surface area contributed by atoms with Gasteiger partial charge in [-0.3, -0.25) is 4.79 Å². The van der Waals surface area contributed by atoms with Crippen LogP contribution in [-0.2, 0) is 11.3 Å². The average molecular weight is 317 g/mol. The third-order valence-electron chi connectivity index (χ3n) is 2.40. The predicted molar refractivity (Wildman–Crippen MR) is 79.2 cm³/mol. The number of carbonyl (C=O) groups excluding carboxylic acids is 1.